The zero-order valence-corrected chi connectivity index (χ0v) is 12.0. The highest BCUT2D eigenvalue weighted by Gasteiger charge is 2.15. The van der Waals surface area contributed by atoms with Crippen molar-refractivity contribution < 1.29 is 9.90 Å². The van der Waals surface area contributed by atoms with Gasteiger partial charge in [-0.25, -0.2) is 0 Å². The first-order valence-electron chi connectivity index (χ1n) is 6.36. The van der Waals surface area contributed by atoms with Gasteiger partial charge in [-0.15, -0.1) is 0 Å². The van der Waals surface area contributed by atoms with Crippen molar-refractivity contribution in [1.29, 1.82) is 0 Å². The van der Waals surface area contributed by atoms with Crippen LogP contribution in [0.4, 0.5) is 0 Å². The fourth-order valence-corrected chi connectivity index (χ4v) is 2.12. The Morgan fingerprint density at radius 1 is 1.20 bits per heavy atom. The molecule has 0 unspecified atom stereocenters. The smallest absolute Gasteiger partial charge is 0.255 e. The van der Waals surface area contributed by atoms with Crippen molar-refractivity contribution in [2.24, 2.45) is 0 Å². The highest BCUT2D eigenvalue weighted by atomic mass is 35.5. The van der Waals surface area contributed by atoms with Crippen LogP contribution in [0.1, 0.15) is 15.9 Å². The summed E-state index contributed by atoms with van der Waals surface area (Å²) in [7, 11) is 1.73. The van der Waals surface area contributed by atoms with E-state index in [2.05, 4.69) is 0 Å². The summed E-state index contributed by atoms with van der Waals surface area (Å²) in [5.74, 6) is -0.156. The van der Waals surface area contributed by atoms with Crippen LogP contribution in [0.15, 0.2) is 48.5 Å². The second-order valence-electron chi connectivity index (χ2n) is 4.63. The van der Waals surface area contributed by atoms with Gasteiger partial charge in [0.15, 0.2) is 0 Å². The lowest BCUT2D eigenvalue weighted by molar-refractivity contribution is 0.0796. The normalized spacial score (nSPS) is 10.3. The molecule has 4 heteroatoms. The number of nitrogens with zero attached hydrogens (tertiary/aromatic N) is 1. The van der Waals surface area contributed by atoms with Gasteiger partial charge < -0.3 is 10.0 Å². The van der Waals surface area contributed by atoms with Crippen molar-refractivity contribution >= 4 is 17.5 Å². The lowest BCUT2D eigenvalue weighted by Crippen LogP contribution is -2.29. The molecule has 1 amide bonds. The van der Waals surface area contributed by atoms with Crippen molar-refractivity contribution in [3.63, 3.8) is 0 Å². The highest BCUT2D eigenvalue weighted by molar-refractivity contribution is 6.33. The first-order valence-corrected chi connectivity index (χ1v) is 6.73. The van der Waals surface area contributed by atoms with Crippen molar-refractivity contribution in [1.82, 2.24) is 4.90 Å². The maximum Gasteiger partial charge on any atom is 0.255 e. The van der Waals surface area contributed by atoms with Crippen LogP contribution in [0, 0.1) is 0 Å². The summed E-state index contributed by atoms with van der Waals surface area (Å²) in [5, 5.41) is 9.79. The second kappa shape index (κ2) is 6.44. The molecule has 0 fully saturated rings. The average molecular weight is 290 g/mol. The van der Waals surface area contributed by atoms with E-state index >= 15 is 0 Å². The van der Waals surface area contributed by atoms with E-state index in [1.54, 1.807) is 11.9 Å². The van der Waals surface area contributed by atoms with Crippen LogP contribution in [-0.2, 0) is 6.42 Å². The van der Waals surface area contributed by atoms with Gasteiger partial charge in [0.2, 0.25) is 0 Å². The maximum atomic E-state index is 12.3. The van der Waals surface area contributed by atoms with Gasteiger partial charge in [-0.1, -0.05) is 41.9 Å². The molecule has 0 aliphatic carbocycles. The topological polar surface area (TPSA) is 40.5 Å². The van der Waals surface area contributed by atoms with Gasteiger partial charge in [0.25, 0.3) is 5.91 Å². The van der Waals surface area contributed by atoms with E-state index in [9.17, 15) is 9.90 Å². The van der Waals surface area contributed by atoms with Crippen molar-refractivity contribution in [2.45, 2.75) is 6.42 Å². The van der Waals surface area contributed by atoms with E-state index in [4.69, 9.17) is 11.6 Å². The van der Waals surface area contributed by atoms with Crippen LogP contribution in [0.3, 0.4) is 0 Å². The number of benzene rings is 2. The second-order valence-corrected chi connectivity index (χ2v) is 5.03. The Hall–Kier alpha value is -2.00. The summed E-state index contributed by atoms with van der Waals surface area (Å²) in [6, 6.07) is 14.3. The first-order chi connectivity index (χ1) is 9.58. The molecule has 0 radical (unpaired) electrons. The SMILES string of the molecule is CN(CCc1ccccc1)C(=O)c1cc(O)ccc1Cl. The predicted molar refractivity (Wildman–Crippen MR) is 80.2 cm³/mol. The van der Waals surface area contributed by atoms with Crippen LogP contribution in [0.5, 0.6) is 5.75 Å². The molecular weight excluding hydrogens is 274 g/mol. The molecule has 2 aromatic carbocycles. The summed E-state index contributed by atoms with van der Waals surface area (Å²) in [4.78, 5) is 13.9. The van der Waals surface area contributed by atoms with Gasteiger partial charge in [-0.3, -0.25) is 4.79 Å². The summed E-state index contributed by atoms with van der Waals surface area (Å²) in [6.45, 7) is 0.592. The largest absolute Gasteiger partial charge is 0.508 e. The summed E-state index contributed by atoms with van der Waals surface area (Å²) < 4.78 is 0. The molecule has 1 N–H and O–H groups in total. The number of phenolic OH excluding ortho intramolecular Hbond substituents is 1. The number of likely N-dealkylation sites (N-methyl/N-ethyl adjacent to an activating group) is 1. The Bertz CT molecular complexity index is 599. The van der Waals surface area contributed by atoms with Gasteiger partial charge in [-0.2, -0.15) is 0 Å². The molecule has 0 spiro atoms. The van der Waals surface area contributed by atoms with Crippen molar-refractivity contribution in [3.8, 4) is 5.75 Å². The molecule has 0 saturated heterocycles. The van der Waals surface area contributed by atoms with Crippen LogP contribution in [0.2, 0.25) is 5.02 Å². The molecule has 0 heterocycles. The monoisotopic (exact) mass is 289 g/mol. The zero-order chi connectivity index (χ0) is 14.5. The maximum absolute atomic E-state index is 12.3. The number of aromatic hydroxyl groups is 1. The van der Waals surface area contributed by atoms with Crippen LogP contribution in [0.25, 0.3) is 0 Å². The molecule has 104 valence electrons. The number of phenols is 1. The lowest BCUT2D eigenvalue weighted by Gasteiger charge is -2.18. The first kappa shape index (κ1) is 14.4. The molecule has 0 aliphatic heterocycles. The van der Waals surface area contributed by atoms with Gasteiger partial charge >= 0.3 is 0 Å². The molecular formula is C16H16ClNO2. The Morgan fingerprint density at radius 2 is 1.90 bits per heavy atom. The molecule has 0 bridgehead atoms. The average Bonchev–Trinajstić information content (AvgIpc) is 2.47. The quantitative estimate of drug-likeness (QED) is 0.937. The zero-order valence-electron chi connectivity index (χ0n) is 11.2. The molecule has 0 aromatic heterocycles. The summed E-state index contributed by atoms with van der Waals surface area (Å²) >= 11 is 5.99. The Kier molecular flexibility index (Phi) is 4.64. The number of hydrogen-bond donors (Lipinski definition) is 1. The van der Waals surface area contributed by atoms with Gasteiger partial charge in [0, 0.05) is 13.6 Å². The number of halogens is 1. The minimum Gasteiger partial charge on any atom is -0.508 e. The van der Waals surface area contributed by atoms with Crippen LogP contribution in [-0.4, -0.2) is 29.5 Å². The van der Waals surface area contributed by atoms with E-state index in [0.717, 1.165) is 6.42 Å². The van der Waals surface area contributed by atoms with Gasteiger partial charge in [0.1, 0.15) is 5.75 Å². The number of amides is 1. The standard InChI is InChI=1S/C16H16ClNO2/c1-18(10-9-12-5-3-2-4-6-12)16(20)14-11-13(19)7-8-15(14)17/h2-8,11,19H,9-10H2,1H3. The molecule has 2 aromatic rings. The summed E-state index contributed by atoms with van der Waals surface area (Å²) in [5.41, 5.74) is 1.50. The number of carbonyl (C=O) groups excluding carboxylic acids is 1. The number of hydrogen-bond acceptors (Lipinski definition) is 2. The molecule has 0 saturated carbocycles. The van der Waals surface area contributed by atoms with E-state index in [-0.39, 0.29) is 11.7 Å². The van der Waals surface area contributed by atoms with Gasteiger partial charge in [-0.05, 0) is 30.2 Å². The third-order valence-electron chi connectivity index (χ3n) is 3.11. The molecule has 2 rings (SSSR count). The Labute approximate surface area is 123 Å². The number of rotatable bonds is 4. The molecule has 0 atom stereocenters. The Morgan fingerprint density at radius 3 is 2.60 bits per heavy atom. The third-order valence-corrected chi connectivity index (χ3v) is 3.44. The summed E-state index contributed by atoms with van der Waals surface area (Å²) in [6.07, 6.45) is 0.777. The fourth-order valence-electron chi connectivity index (χ4n) is 1.93. The number of carbonyl (C=O) groups is 1. The van der Waals surface area contributed by atoms with Gasteiger partial charge in [0.05, 0.1) is 10.6 Å². The minimum absolute atomic E-state index is 0.0363. The van der Waals surface area contributed by atoms with Crippen LogP contribution < -0.4 is 0 Å². The van der Waals surface area contributed by atoms with E-state index in [1.165, 1.54) is 23.8 Å². The Balaban J connectivity index is 2.03. The molecule has 20 heavy (non-hydrogen) atoms. The van der Waals surface area contributed by atoms with E-state index in [0.29, 0.717) is 17.1 Å². The highest BCUT2D eigenvalue weighted by Crippen LogP contribution is 2.22. The fraction of sp³-hybridized carbons (Fsp3) is 0.188. The lowest BCUT2D eigenvalue weighted by atomic mass is 10.1. The third kappa shape index (κ3) is 3.52. The van der Waals surface area contributed by atoms with Crippen molar-refractivity contribution in [3.05, 3.63) is 64.7 Å². The van der Waals surface area contributed by atoms with E-state index < -0.39 is 0 Å². The molecule has 0 aliphatic rings. The van der Waals surface area contributed by atoms with E-state index in [1.807, 2.05) is 30.3 Å². The van der Waals surface area contributed by atoms with Crippen LogP contribution >= 0.6 is 11.6 Å². The molecule has 3 nitrogen and oxygen atoms in total. The predicted octanol–water partition coefficient (Wildman–Crippen LogP) is 3.36. The van der Waals surface area contributed by atoms with Crippen molar-refractivity contribution in [2.75, 3.05) is 13.6 Å². The minimum atomic E-state index is -0.193.